The summed E-state index contributed by atoms with van der Waals surface area (Å²) in [5, 5.41) is 0. The molecular weight excluding hydrogens is 1010 g/mol. The normalized spacial score (nSPS) is 12.7. The van der Waals surface area contributed by atoms with Crippen LogP contribution < -0.4 is 0 Å². The molecule has 0 aromatic carbocycles. The Morgan fingerprint density at radius 1 is 0.256 bits per heavy atom. The van der Waals surface area contributed by atoms with Crippen molar-refractivity contribution >= 4 is 17.9 Å². The molecule has 0 bridgehead atoms. The van der Waals surface area contributed by atoms with E-state index in [4.69, 9.17) is 14.2 Å². The van der Waals surface area contributed by atoms with E-state index in [1.54, 1.807) is 0 Å². The maximum Gasteiger partial charge on any atom is 0.306 e. The number of unbranched alkanes of at least 4 members (excludes halogenated alkanes) is 37. The van der Waals surface area contributed by atoms with E-state index >= 15 is 0 Å². The highest BCUT2D eigenvalue weighted by Gasteiger charge is 2.19. The van der Waals surface area contributed by atoms with E-state index in [-0.39, 0.29) is 31.1 Å². The monoisotopic (exact) mass is 1140 g/mol. The molecule has 0 radical (unpaired) electrons. The summed E-state index contributed by atoms with van der Waals surface area (Å²) in [6.45, 7) is 6.54. The number of hydrogen-bond donors (Lipinski definition) is 0. The van der Waals surface area contributed by atoms with Crippen molar-refractivity contribution < 1.29 is 28.6 Å². The van der Waals surface area contributed by atoms with Crippen molar-refractivity contribution in [3.63, 3.8) is 0 Å². The number of rotatable bonds is 64. The van der Waals surface area contributed by atoms with Gasteiger partial charge in [-0.1, -0.05) is 304 Å². The second kappa shape index (κ2) is 69.8. The zero-order chi connectivity index (χ0) is 59.2. The van der Waals surface area contributed by atoms with E-state index in [9.17, 15) is 14.4 Å². The lowest BCUT2D eigenvalue weighted by Gasteiger charge is -2.18. The smallest absolute Gasteiger partial charge is 0.306 e. The van der Waals surface area contributed by atoms with Crippen molar-refractivity contribution in [3.05, 3.63) is 97.2 Å². The molecule has 0 saturated carbocycles. The Balaban J connectivity index is 4.21. The van der Waals surface area contributed by atoms with Gasteiger partial charge in [-0.05, 0) is 122 Å². The quantitative estimate of drug-likeness (QED) is 0.0261. The molecule has 0 aliphatic heterocycles. The molecule has 0 fully saturated rings. The molecule has 0 saturated heterocycles. The molecular formula is C76H132O6. The average molecular weight is 1140 g/mol. The Bertz CT molecular complexity index is 1590. The number of carbonyl (C=O) groups excluding carboxylic acids is 3. The summed E-state index contributed by atoms with van der Waals surface area (Å²) in [5.41, 5.74) is 0. The van der Waals surface area contributed by atoms with Crippen LogP contribution in [-0.4, -0.2) is 37.2 Å². The average Bonchev–Trinajstić information content (AvgIpc) is 3.47. The van der Waals surface area contributed by atoms with E-state index in [1.165, 1.54) is 205 Å². The molecule has 0 N–H and O–H groups in total. The molecule has 0 aromatic heterocycles. The topological polar surface area (TPSA) is 78.9 Å². The standard InChI is InChI=1S/C76H132O6/c1-4-7-10-13-16-19-22-25-27-29-31-32-33-34-35-36-37-38-39-40-41-42-43-44-45-47-48-51-54-57-60-63-66-69-75(78)81-72-73(71-80-74(77)68-65-62-59-56-53-50-24-21-18-15-12-9-6-3)82-76(79)70-67-64-61-58-55-52-49-46-30-28-26-23-20-17-14-11-8-5-2/h7,10,16,19,21,24-25,27-28,30-32,34-35,37-38,73H,4-6,8-9,11-15,17-18,20,22-23,26,29,33,36,39-72H2,1-3H3/b10-7-,19-16-,24-21-,27-25-,30-28-,32-31-,35-34-,38-37-. The third-order valence-corrected chi connectivity index (χ3v) is 15.3. The van der Waals surface area contributed by atoms with Crippen molar-refractivity contribution in [2.24, 2.45) is 0 Å². The number of esters is 3. The zero-order valence-corrected chi connectivity index (χ0v) is 54.2. The molecule has 1 unspecified atom stereocenters. The Kier molecular flexibility index (Phi) is 66.7. The molecule has 0 rings (SSSR count). The lowest BCUT2D eigenvalue weighted by molar-refractivity contribution is -0.167. The van der Waals surface area contributed by atoms with Crippen molar-refractivity contribution in [2.45, 2.75) is 354 Å². The van der Waals surface area contributed by atoms with Crippen LogP contribution in [0.15, 0.2) is 97.2 Å². The Morgan fingerprint density at radius 3 is 0.768 bits per heavy atom. The van der Waals surface area contributed by atoms with Gasteiger partial charge in [-0.2, -0.15) is 0 Å². The van der Waals surface area contributed by atoms with E-state index in [1.807, 2.05) is 0 Å². The number of hydrogen-bond acceptors (Lipinski definition) is 6. The molecule has 1 atom stereocenters. The van der Waals surface area contributed by atoms with E-state index in [0.29, 0.717) is 19.3 Å². The lowest BCUT2D eigenvalue weighted by Crippen LogP contribution is -2.30. The molecule has 0 amide bonds. The second-order valence-electron chi connectivity index (χ2n) is 23.4. The molecule has 82 heavy (non-hydrogen) atoms. The molecule has 6 nitrogen and oxygen atoms in total. The Labute approximate surface area is 508 Å². The van der Waals surface area contributed by atoms with Gasteiger partial charge in [0.05, 0.1) is 0 Å². The lowest BCUT2D eigenvalue weighted by atomic mass is 10.0. The third-order valence-electron chi connectivity index (χ3n) is 15.3. The van der Waals surface area contributed by atoms with Crippen molar-refractivity contribution in [1.82, 2.24) is 0 Å². The fourth-order valence-corrected chi connectivity index (χ4v) is 10.0. The van der Waals surface area contributed by atoms with Crippen LogP contribution in [0.2, 0.25) is 0 Å². The fraction of sp³-hybridized carbons (Fsp3) is 0.750. The highest BCUT2D eigenvalue weighted by Crippen LogP contribution is 2.17. The number of carbonyl (C=O) groups is 3. The van der Waals surface area contributed by atoms with Crippen LogP contribution in [0.1, 0.15) is 348 Å². The molecule has 472 valence electrons. The number of ether oxygens (including phenoxy) is 3. The first-order valence-corrected chi connectivity index (χ1v) is 35.2. The van der Waals surface area contributed by atoms with Gasteiger partial charge >= 0.3 is 17.9 Å². The van der Waals surface area contributed by atoms with Gasteiger partial charge in [0.15, 0.2) is 6.10 Å². The SMILES string of the molecule is CC/C=C\C/C=C\C/C=C\C/C=C\C/C=C\C/C=C\CCCCCCCCCCCCCCCCC(=O)OCC(COC(=O)CCCCCCC/C=C\CCCCCC)OC(=O)CCCCCCCCC/C=C\CCCCCCCCC. The molecule has 0 aromatic rings. The predicted octanol–water partition coefficient (Wildman–Crippen LogP) is 24.4. The summed E-state index contributed by atoms with van der Waals surface area (Å²) >= 11 is 0. The van der Waals surface area contributed by atoms with Gasteiger partial charge in [-0.15, -0.1) is 0 Å². The minimum atomic E-state index is -0.783. The van der Waals surface area contributed by atoms with Crippen LogP contribution in [0.5, 0.6) is 0 Å². The molecule has 6 heteroatoms. The van der Waals surface area contributed by atoms with Crippen molar-refractivity contribution in [3.8, 4) is 0 Å². The highest BCUT2D eigenvalue weighted by molar-refractivity contribution is 5.71. The maximum absolute atomic E-state index is 12.9. The molecule has 0 aliphatic rings. The van der Waals surface area contributed by atoms with Gasteiger partial charge in [0.1, 0.15) is 13.2 Å². The van der Waals surface area contributed by atoms with Crippen LogP contribution >= 0.6 is 0 Å². The van der Waals surface area contributed by atoms with E-state index < -0.39 is 6.10 Å². The number of allylic oxidation sites excluding steroid dienone is 16. The van der Waals surface area contributed by atoms with Gasteiger partial charge < -0.3 is 14.2 Å². The zero-order valence-electron chi connectivity index (χ0n) is 54.2. The first kappa shape index (κ1) is 78.3. The fourth-order valence-electron chi connectivity index (χ4n) is 10.0. The molecule has 0 aliphatic carbocycles. The Hall–Kier alpha value is -3.67. The van der Waals surface area contributed by atoms with Gasteiger partial charge in [0, 0.05) is 19.3 Å². The van der Waals surface area contributed by atoms with Crippen molar-refractivity contribution in [1.29, 1.82) is 0 Å². The minimum absolute atomic E-state index is 0.0789. The van der Waals surface area contributed by atoms with Crippen LogP contribution in [0, 0.1) is 0 Å². The van der Waals surface area contributed by atoms with Crippen LogP contribution in [0.4, 0.5) is 0 Å². The largest absolute Gasteiger partial charge is 0.462 e. The van der Waals surface area contributed by atoms with Crippen molar-refractivity contribution in [2.75, 3.05) is 13.2 Å². The van der Waals surface area contributed by atoms with E-state index in [2.05, 4.69) is 118 Å². The summed E-state index contributed by atoms with van der Waals surface area (Å²) in [7, 11) is 0. The maximum atomic E-state index is 12.9. The Morgan fingerprint density at radius 2 is 0.476 bits per heavy atom. The van der Waals surface area contributed by atoms with Crippen LogP contribution in [0.3, 0.4) is 0 Å². The summed E-state index contributed by atoms with van der Waals surface area (Å²) in [6.07, 6.45) is 94.3. The highest BCUT2D eigenvalue weighted by atomic mass is 16.6. The summed E-state index contributed by atoms with van der Waals surface area (Å²) in [4.78, 5) is 38.4. The minimum Gasteiger partial charge on any atom is -0.462 e. The first-order valence-electron chi connectivity index (χ1n) is 35.2. The van der Waals surface area contributed by atoms with E-state index in [0.717, 1.165) is 103 Å². The second-order valence-corrected chi connectivity index (χ2v) is 23.4. The summed E-state index contributed by atoms with van der Waals surface area (Å²) < 4.78 is 17.0. The molecule has 0 spiro atoms. The predicted molar refractivity (Wildman–Crippen MR) is 357 cm³/mol. The van der Waals surface area contributed by atoms with Gasteiger partial charge in [-0.3, -0.25) is 14.4 Å². The molecule has 0 heterocycles. The first-order chi connectivity index (χ1) is 40.5. The van der Waals surface area contributed by atoms with Gasteiger partial charge in [0.2, 0.25) is 0 Å². The van der Waals surface area contributed by atoms with Gasteiger partial charge in [0.25, 0.3) is 0 Å². The van der Waals surface area contributed by atoms with Gasteiger partial charge in [-0.25, -0.2) is 0 Å². The summed E-state index contributed by atoms with van der Waals surface area (Å²) in [5.74, 6) is -0.877. The summed E-state index contributed by atoms with van der Waals surface area (Å²) in [6, 6.07) is 0. The van der Waals surface area contributed by atoms with Crippen LogP contribution in [-0.2, 0) is 28.6 Å². The third kappa shape index (κ3) is 67.1. The van der Waals surface area contributed by atoms with Crippen LogP contribution in [0.25, 0.3) is 0 Å².